The van der Waals surface area contributed by atoms with Crippen LogP contribution in [0.3, 0.4) is 0 Å². The molecule has 0 aliphatic heterocycles. The molecule has 98 valence electrons. The Balaban J connectivity index is 2.27. The van der Waals surface area contributed by atoms with Gasteiger partial charge in [0.1, 0.15) is 0 Å². The van der Waals surface area contributed by atoms with Crippen molar-refractivity contribution in [1.29, 1.82) is 0 Å². The van der Waals surface area contributed by atoms with Gasteiger partial charge in [-0.3, -0.25) is 9.59 Å². The monoisotopic (exact) mass is 287 g/mol. The molecule has 0 fully saturated rings. The first-order chi connectivity index (χ1) is 8.49. The van der Waals surface area contributed by atoms with E-state index in [0.717, 1.165) is 4.90 Å². The average molecular weight is 288 g/mol. The number of primary amides is 1. The topological polar surface area (TPSA) is 69.4 Å². The Kier molecular flexibility index (Phi) is 6.01. The van der Waals surface area contributed by atoms with E-state index >= 15 is 0 Å². The predicted octanol–water partition coefficient (Wildman–Crippen LogP) is 2.24. The Labute approximate surface area is 115 Å². The van der Waals surface area contributed by atoms with Crippen molar-refractivity contribution in [3.63, 3.8) is 0 Å². The highest BCUT2D eigenvalue weighted by Crippen LogP contribution is 2.21. The fourth-order valence-electron chi connectivity index (χ4n) is 1.10. The number of amides is 1. The Morgan fingerprint density at radius 1 is 1.39 bits per heavy atom. The van der Waals surface area contributed by atoms with Crippen molar-refractivity contribution < 1.29 is 14.3 Å². The zero-order valence-corrected chi connectivity index (χ0v) is 11.5. The minimum Gasteiger partial charge on any atom is -0.453 e. The molecule has 0 saturated heterocycles. The number of hydrogen-bond acceptors (Lipinski definition) is 4. The molecule has 0 aliphatic rings. The standard InChI is InChI=1S/C12H14ClNO3S/c1-8(12(14)16)17-11(15)6-7-18-10-4-2-9(13)3-5-10/h2-5,8H,6-7H2,1H3,(H2,14,16)/t8-/m0/s1. The molecule has 0 spiro atoms. The van der Waals surface area contributed by atoms with Gasteiger partial charge in [0, 0.05) is 15.7 Å². The largest absolute Gasteiger partial charge is 0.453 e. The van der Waals surface area contributed by atoms with Crippen LogP contribution in [0, 0.1) is 0 Å². The van der Waals surface area contributed by atoms with Crippen LogP contribution in [-0.2, 0) is 14.3 Å². The first kappa shape index (κ1) is 14.9. The molecular formula is C12H14ClNO3S. The van der Waals surface area contributed by atoms with Crippen LogP contribution in [0.5, 0.6) is 0 Å². The maximum absolute atomic E-state index is 11.3. The van der Waals surface area contributed by atoms with E-state index in [2.05, 4.69) is 0 Å². The van der Waals surface area contributed by atoms with Crippen molar-refractivity contribution in [2.75, 3.05) is 5.75 Å². The fraction of sp³-hybridized carbons (Fsp3) is 0.333. The molecule has 0 heterocycles. The zero-order valence-electron chi connectivity index (χ0n) is 9.89. The molecule has 1 amide bonds. The number of carbonyl (C=O) groups is 2. The van der Waals surface area contributed by atoms with Gasteiger partial charge in [-0.2, -0.15) is 0 Å². The second-order valence-corrected chi connectivity index (χ2v) is 5.19. The zero-order chi connectivity index (χ0) is 13.5. The van der Waals surface area contributed by atoms with Gasteiger partial charge in [0.25, 0.3) is 5.91 Å². The number of thioether (sulfide) groups is 1. The predicted molar refractivity (Wildman–Crippen MR) is 71.5 cm³/mol. The lowest BCUT2D eigenvalue weighted by Crippen LogP contribution is -2.30. The molecule has 6 heteroatoms. The summed E-state index contributed by atoms with van der Waals surface area (Å²) in [5.74, 6) is -0.497. The normalized spacial score (nSPS) is 11.9. The molecule has 0 bridgehead atoms. The summed E-state index contributed by atoms with van der Waals surface area (Å²) in [5, 5.41) is 0.675. The van der Waals surface area contributed by atoms with Crippen LogP contribution in [0.25, 0.3) is 0 Å². The van der Waals surface area contributed by atoms with Crippen molar-refractivity contribution in [3.05, 3.63) is 29.3 Å². The molecule has 1 atom stereocenters. The molecule has 2 N–H and O–H groups in total. The lowest BCUT2D eigenvalue weighted by molar-refractivity contribution is -0.153. The fourth-order valence-corrected chi connectivity index (χ4v) is 2.06. The molecular weight excluding hydrogens is 274 g/mol. The summed E-state index contributed by atoms with van der Waals surface area (Å²) in [5.41, 5.74) is 4.98. The van der Waals surface area contributed by atoms with Crippen LogP contribution in [0.15, 0.2) is 29.2 Å². The SMILES string of the molecule is C[C@H](OC(=O)CCSc1ccc(Cl)cc1)C(N)=O. The maximum atomic E-state index is 11.3. The van der Waals surface area contributed by atoms with Gasteiger partial charge in [-0.15, -0.1) is 11.8 Å². The van der Waals surface area contributed by atoms with E-state index in [-0.39, 0.29) is 6.42 Å². The summed E-state index contributed by atoms with van der Waals surface area (Å²) in [6, 6.07) is 7.34. The van der Waals surface area contributed by atoms with Gasteiger partial charge in [0.15, 0.2) is 6.10 Å². The van der Waals surface area contributed by atoms with Crippen molar-refractivity contribution in [3.8, 4) is 0 Å². The Bertz CT molecular complexity index is 422. The number of carbonyl (C=O) groups excluding carboxylic acids is 2. The van der Waals surface area contributed by atoms with Crippen LogP contribution >= 0.6 is 23.4 Å². The van der Waals surface area contributed by atoms with Crippen LogP contribution in [0.2, 0.25) is 5.02 Å². The third-order valence-corrected chi connectivity index (χ3v) is 3.36. The molecule has 4 nitrogen and oxygen atoms in total. The van der Waals surface area contributed by atoms with Crippen molar-refractivity contribution >= 4 is 35.2 Å². The second kappa shape index (κ2) is 7.28. The number of benzene rings is 1. The highest BCUT2D eigenvalue weighted by atomic mass is 35.5. The van der Waals surface area contributed by atoms with E-state index < -0.39 is 18.0 Å². The highest BCUT2D eigenvalue weighted by Gasteiger charge is 2.13. The minimum atomic E-state index is -0.877. The van der Waals surface area contributed by atoms with E-state index in [1.54, 1.807) is 12.1 Å². The van der Waals surface area contributed by atoms with Crippen molar-refractivity contribution in [2.24, 2.45) is 5.73 Å². The number of halogens is 1. The maximum Gasteiger partial charge on any atom is 0.307 e. The van der Waals surface area contributed by atoms with Crippen molar-refractivity contribution in [1.82, 2.24) is 0 Å². The van der Waals surface area contributed by atoms with E-state index in [1.807, 2.05) is 12.1 Å². The van der Waals surface area contributed by atoms with E-state index in [0.29, 0.717) is 10.8 Å². The number of esters is 1. The quantitative estimate of drug-likeness (QED) is 0.643. The molecule has 0 aromatic heterocycles. The van der Waals surface area contributed by atoms with E-state index in [9.17, 15) is 9.59 Å². The third-order valence-electron chi connectivity index (χ3n) is 2.10. The van der Waals surface area contributed by atoms with Gasteiger partial charge < -0.3 is 10.5 Å². The number of ether oxygens (including phenoxy) is 1. The first-order valence-corrected chi connectivity index (χ1v) is 6.72. The molecule has 0 saturated carbocycles. The molecule has 0 radical (unpaired) electrons. The smallest absolute Gasteiger partial charge is 0.307 e. The third kappa shape index (κ3) is 5.42. The van der Waals surface area contributed by atoms with Crippen LogP contribution < -0.4 is 5.73 Å². The number of nitrogens with two attached hydrogens (primary N) is 1. The van der Waals surface area contributed by atoms with Gasteiger partial charge in [0.05, 0.1) is 6.42 Å². The molecule has 1 aromatic rings. The number of hydrogen-bond donors (Lipinski definition) is 1. The van der Waals surface area contributed by atoms with Gasteiger partial charge in [-0.1, -0.05) is 11.6 Å². The Hall–Kier alpha value is -1.20. The minimum absolute atomic E-state index is 0.227. The van der Waals surface area contributed by atoms with Gasteiger partial charge >= 0.3 is 5.97 Å². The second-order valence-electron chi connectivity index (χ2n) is 3.59. The van der Waals surface area contributed by atoms with E-state index in [1.165, 1.54) is 18.7 Å². The Morgan fingerprint density at radius 2 is 2.00 bits per heavy atom. The van der Waals surface area contributed by atoms with Gasteiger partial charge in [0.2, 0.25) is 0 Å². The average Bonchev–Trinajstić information content (AvgIpc) is 2.31. The molecule has 0 aliphatic carbocycles. The molecule has 18 heavy (non-hydrogen) atoms. The summed E-state index contributed by atoms with van der Waals surface area (Å²) in [6.07, 6.45) is -0.650. The van der Waals surface area contributed by atoms with Crippen LogP contribution in [0.1, 0.15) is 13.3 Å². The molecule has 0 unspecified atom stereocenters. The Morgan fingerprint density at radius 3 is 2.56 bits per heavy atom. The first-order valence-electron chi connectivity index (χ1n) is 5.36. The number of rotatable bonds is 6. The molecule has 1 rings (SSSR count). The van der Waals surface area contributed by atoms with Gasteiger partial charge in [-0.25, -0.2) is 0 Å². The van der Waals surface area contributed by atoms with E-state index in [4.69, 9.17) is 22.1 Å². The summed E-state index contributed by atoms with van der Waals surface area (Å²) < 4.78 is 4.82. The summed E-state index contributed by atoms with van der Waals surface area (Å²) in [4.78, 5) is 23.1. The van der Waals surface area contributed by atoms with Crippen LogP contribution in [0.4, 0.5) is 0 Å². The lowest BCUT2D eigenvalue weighted by atomic mass is 10.4. The summed E-state index contributed by atoms with van der Waals surface area (Å²) in [7, 11) is 0. The van der Waals surface area contributed by atoms with Gasteiger partial charge in [-0.05, 0) is 31.2 Å². The summed E-state index contributed by atoms with van der Waals surface area (Å²) >= 11 is 7.27. The summed E-state index contributed by atoms with van der Waals surface area (Å²) in [6.45, 7) is 1.45. The van der Waals surface area contributed by atoms with Crippen LogP contribution in [-0.4, -0.2) is 23.7 Å². The molecule has 1 aromatic carbocycles. The lowest BCUT2D eigenvalue weighted by Gasteiger charge is -2.09. The van der Waals surface area contributed by atoms with Crippen molar-refractivity contribution in [2.45, 2.75) is 24.3 Å². The highest BCUT2D eigenvalue weighted by molar-refractivity contribution is 7.99.